The molecule has 5 nitrogen and oxygen atoms in total. The summed E-state index contributed by atoms with van der Waals surface area (Å²) >= 11 is -0.316. The van der Waals surface area contributed by atoms with E-state index < -0.39 is 27.8 Å². The van der Waals surface area contributed by atoms with Crippen molar-refractivity contribution in [2.24, 2.45) is 0 Å². The second-order valence-corrected chi connectivity index (χ2v) is 5.59. The zero-order valence-corrected chi connectivity index (χ0v) is 12.5. The lowest BCUT2D eigenvalue weighted by Crippen LogP contribution is -2.12. The van der Waals surface area contributed by atoms with Crippen molar-refractivity contribution in [2.75, 3.05) is 5.32 Å². The molecular formula is C14H8F4N2O3S. The number of nitrogens with zero attached hydrogens (tertiary/aromatic N) is 1. The minimum absolute atomic E-state index is 0.0122. The van der Waals surface area contributed by atoms with E-state index in [1.54, 1.807) is 0 Å². The Hall–Kier alpha value is -2.62. The number of amides is 1. The van der Waals surface area contributed by atoms with Gasteiger partial charge in [-0.15, -0.1) is 0 Å². The maximum Gasteiger partial charge on any atom is 0.446 e. The van der Waals surface area contributed by atoms with Gasteiger partial charge in [0.1, 0.15) is 0 Å². The lowest BCUT2D eigenvalue weighted by atomic mass is 10.2. The zero-order valence-electron chi connectivity index (χ0n) is 11.6. The van der Waals surface area contributed by atoms with E-state index in [9.17, 15) is 32.5 Å². The fourth-order valence-corrected chi connectivity index (χ4v) is 2.28. The van der Waals surface area contributed by atoms with Crippen LogP contribution in [0.2, 0.25) is 0 Å². The third-order valence-corrected chi connectivity index (χ3v) is 3.49. The topological polar surface area (TPSA) is 72.2 Å². The number of rotatable bonds is 4. The van der Waals surface area contributed by atoms with Gasteiger partial charge in [0, 0.05) is 22.2 Å². The van der Waals surface area contributed by atoms with Crippen molar-refractivity contribution in [1.82, 2.24) is 0 Å². The molecule has 0 spiro atoms. The Balaban J connectivity index is 2.13. The Labute approximate surface area is 136 Å². The van der Waals surface area contributed by atoms with E-state index in [2.05, 4.69) is 5.32 Å². The van der Waals surface area contributed by atoms with Gasteiger partial charge in [0.05, 0.1) is 4.92 Å². The molecule has 0 bridgehead atoms. The standard InChI is InChI=1S/C14H8F4N2O3S/c15-11-6-3-9(7-12(11)20(22)23)19-13(21)8-1-4-10(5-2-8)24-14(16,17)18/h1-7H,(H,19,21). The molecule has 2 rings (SSSR count). The van der Waals surface area contributed by atoms with Gasteiger partial charge in [0.25, 0.3) is 5.91 Å². The van der Waals surface area contributed by atoms with Crippen LogP contribution in [0.1, 0.15) is 10.4 Å². The van der Waals surface area contributed by atoms with Crippen LogP contribution in [0.5, 0.6) is 0 Å². The molecule has 0 radical (unpaired) electrons. The fraction of sp³-hybridized carbons (Fsp3) is 0.0714. The van der Waals surface area contributed by atoms with E-state index in [1.807, 2.05) is 0 Å². The normalized spacial score (nSPS) is 11.2. The predicted molar refractivity (Wildman–Crippen MR) is 79.4 cm³/mol. The van der Waals surface area contributed by atoms with Crippen LogP contribution < -0.4 is 5.32 Å². The number of halogens is 4. The number of hydrogen-bond acceptors (Lipinski definition) is 4. The van der Waals surface area contributed by atoms with Crippen LogP contribution in [0.4, 0.5) is 28.9 Å². The quantitative estimate of drug-likeness (QED) is 0.374. The molecule has 0 aliphatic heterocycles. The van der Waals surface area contributed by atoms with Crippen molar-refractivity contribution in [1.29, 1.82) is 0 Å². The molecule has 0 saturated carbocycles. The van der Waals surface area contributed by atoms with Gasteiger partial charge in [0.15, 0.2) is 0 Å². The molecule has 0 atom stereocenters. The van der Waals surface area contributed by atoms with Crippen molar-refractivity contribution >= 4 is 29.0 Å². The second-order valence-electron chi connectivity index (χ2n) is 4.45. The van der Waals surface area contributed by atoms with Crippen molar-refractivity contribution in [3.63, 3.8) is 0 Å². The molecule has 0 fully saturated rings. The number of carbonyl (C=O) groups excluding carboxylic acids is 1. The summed E-state index contributed by atoms with van der Waals surface area (Å²) in [6.07, 6.45) is 0. The van der Waals surface area contributed by atoms with Crippen molar-refractivity contribution in [3.8, 4) is 0 Å². The first-order valence-corrected chi connectivity index (χ1v) is 7.08. The molecule has 0 aliphatic rings. The number of carbonyl (C=O) groups is 1. The summed E-state index contributed by atoms with van der Waals surface area (Å²) < 4.78 is 49.9. The summed E-state index contributed by atoms with van der Waals surface area (Å²) in [5.74, 6) is -1.74. The molecule has 126 valence electrons. The zero-order chi connectivity index (χ0) is 17.9. The highest BCUT2D eigenvalue weighted by molar-refractivity contribution is 8.00. The van der Waals surface area contributed by atoms with Crippen LogP contribution in [-0.2, 0) is 0 Å². The minimum atomic E-state index is -4.43. The van der Waals surface area contributed by atoms with Crippen LogP contribution in [-0.4, -0.2) is 16.3 Å². The molecular weight excluding hydrogens is 352 g/mol. The number of alkyl halides is 3. The Morgan fingerprint density at radius 2 is 1.75 bits per heavy atom. The molecule has 1 N–H and O–H groups in total. The number of nitro groups is 1. The highest BCUT2D eigenvalue weighted by Crippen LogP contribution is 2.36. The van der Waals surface area contributed by atoms with Gasteiger partial charge in [-0.3, -0.25) is 14.9 Å². The van der Waals surface area contributed by atoms with Gasteiger partial charge in [-0.05, 0) is 48.2 Å². The molecule has 2 aromatic carbocycles. The third-order valence-electron chi connectivity index (χ3n) is 2.75. The van der Waals surface area contributed by atoms with Gasteiger partial charge in [0.2, 0.25) is 5.82 Å². The average Bonchev–Trinajstić information content (AvgIpc) is 2.48. The van der Waals surface area contributed by atoms with E-state index in [4.69, 9.17) is 0 Å². The lowest BCUT2D eigenvalue weighted by Gasteiger charge is -2.08. The largest absolute Gasteiger partial charge is 0.446 e. The third kappa shape index (κ3) is 4.69. The Morgan fingerprint density at radius 1 is 1.12 bits per heavy atom. The van der Waals surface area contributed by atoms with E-state index in [0.717, 1.165) is 30.3 Å². The predicted octanol–water partition coefficient (Wildman–Crippen LogP) is 4.60. The first-order valence-electron chi connectivity index (χ1n) is 6.27. The molecule has 10 heteroatoms. The number of thioether (sulfide) groups is 1. The number of nitrogens with one attached hydrogen (secondary N) is 1. The summed E-state index contributed by atoms with van der Waals surface area (Å²) in [5.41, 5.74) is -5.20. The summed E-state index contributed by atoms with van der Waals surface area (Å²) in [4.78, 5) is 21.6. The molecule has 0 aromatic heterocycles. The molecule has 0 heterocycles. The van der Waals surface area contributed by atoms with Crippen LogP contribution in [0.25, 0.3) is 0 Å². The monoisotopic (exact) mass is 360 g/mol. The van der Waals surface area contributed by atoms with E-state index in [-0.39, 0.29) is 27.9 Å². The second kappa shape index (κ2) is 6.87. The first kappa shape index (κ1) is 17.7. The minimum Gasteiger partial charge on any atom is -0.322 e. The van der Waals surface area contributed by atoms with E-state index in [1.165, 1.54) is 12.1 Å². The van der Waals surface area contributed by atoms with E-state index in [0.29, 0.717) is 0 Å². The van der Waals surface area contributed by atoms with Gasteiger partial charge in [-0.25, -0.2) is 0 Å². The van der Waals surface area contributed by atoms with Crippen LogP contribution in [0.3, 0.4) is 0 Å². The number of anilines is 1. The molecule has 2 aromatic rings. The number of hydrogen-bond donors (Lipinski definition) is 1. The summed E-state index contributed by atoms with van der Waals surface area (Å²) in [5, 5.41) is 12.9. The highest BCUT2D eigenvalue weighted by atomic mass is 32.2. The lowest BCUT2D eigenvalue weighted by molar-refractivity contribution is -0.387. The van der Waals surface area contributed by atoms with Crippen LogP contribution in [0.15, 0.2) is 47.4 Å². The first-order chi connectivity index (χ1) is 11.2. The molecule has 0 saturated heterocycles. The van der Waals surface area contributed by atoms with Crippen LogP contribution in [0, 0.1) is 15.9 Å². The number of nitro benzene ring substituents is 1. The average molecular weight is 360 g/mol. The van der Waals surface area contributed by atoms with Crippen molar-refractivity contribution in [3.05, 3.63) is 64.0 Å². The van der Waals surface area contributed by atoms with Gasteiger partial charge >= 0.3 is 11.2 Å². The van der Waals surface area contributed by atoms with Gasteiger partial charge in [-0.1, -0.05) is 0 Å². The highest BCUT2D eigenvalue weighted by Gasteiger charge is 2.29. The Bertz CT molecular complexity index is 779. The summed E-state index contributed by atoms with van der Waals surface area (Å²) in [7, 11) is 0. The molecule has 0 unspecified atom stereocenters. The van der Waals surface area contributed by atoms with Crippen LogP contribution >= 0.6 is 11.8 Å². The van der Waals surface area contributed by atoms with Gasteiger partial charge in [-0.2, -0.15) is 17.6 Å². The molecule has 1 amide bonds. The van der Waals surface area contributed by atoms with Crippen molar-refractivity contribution < 1.29 is 27.3 Å². The summed E-state index contributed by atoms with van der Waals surface area (Å²) in [6.45, 7) is 0. The molecule has 0 aliphatic carbocycles. The maximum atomic E-state index is 13.2. The Morgan fingerprint density at radius 3 is 2.29 bits per heavy atom. The van der Waals surface area contributed by atoms with Crippen molar-refractivity contribution in [2.45, 2.75) is 10.4 Å². The smallest absolute Gasteiger partial charge is 0.322 e. The summed E-state index contributed by atoms with van der Waals surface area (Å²) in [6, 6.07) is 7.43. The fourth-order valence-electron chi connectivity index (χ4n) is 1.74. The van der Waals surface area contributed by atoms with E-state index >= 15 is 0 Å². The maximum absolute atomic E-state index is 13.2. The number of benzene rings is 2. The molecule has 24 heavy (non-hydrogen) atoms. The Kier molecular flexibility index (Phi) is 5.07. The van der Waals surface area contributed by atoms with Gasteiger partial charge < -0.3 is 5.32 Å². The SMILES string of the molecule is O=C(Nc1ccc(F)c([N+](=O)[O-])c1)c1ccc(SC(F)(F)F)cc1.